The maximum atomic E-state index is 12.6. The number of nitrogens with zero attached hydrogens (tertiary/aromatic N) is 1. The molecule has 0 saturated heterocycles. The molecule has 4 nitrogen and oxygen atoms in total. The molecule has 0 aliphatic carbocycles. The highest BCUT2D eigenvalue weighted by atomic mass is 16.6. The summed E-state index contributed by atoms with van der Waals surface area (Å²) >= 11 is 0. The van der Waals surface area contributed by atoms with Crippen LogP contribution >= 0.6 is 0 Å². The van der Waals surface area contributed by atoms with Crippen molar-refractivity contribution in [2.45, 2.75) is 31.8 Å². The zero-order chi connectivity index (χ0) is 18.3. The average Bonchev–Trinajstić information content (AvgIpc) is 2.63. The Kier molecular flexibility index (Phi) is 3.91. The van der Waals surface area contributed by atoms with Crippen molar-refractivity contribution in [1.29, 1.82) is 0 Å². The van der Waals surface area contributed by atoms with Crippen molar-refractivity contribution in [1.82, 2.24) is 4.57 Å². The lowest BCUT2D eigenvalue weighted by atomic mass is 9.86. The van der Waals surface area contributed by atoms with E-state index in [0.29, 0.717) is 24.8 Å². The van der Waals surface area contributed by atoms with Crippen LogP contribution in [0.2, 0.25) is 0 Å². The third-order valence-corrected chi connectivity index (χ3v) is 5.30. The third kappa shape index (κ3) is 2.81. The molecule has 3 aromatic rings. The number of hydrogen-bond donors (Lipinski definition) is 0. The number of esters is 1. The summed E-state index contributed by atoms with van der Waals surface area (Å²) in [4.78, 5) is 24.9. The molecule has 132 valence electrons. The van der Waals surface area contributed by atoms with Gasteiger partial charge in [-0.25, -0.2) is 4.79 Å². The van der Waals surface area contributed by atoms with Crippen LogP contribution in [0.1, 0.15) is 35.0 Å². The van der Waals surface area contributed by atoms with Crippen LogP contribution in [0.25, 0.3) is 10.8 Å². The van der Waals surface area contributed by atoms with E-state index in [1.807, 2.05) is 55.5 Å². The SMILES string of the molecule is Cn1c(CCC2(C)Cc3ccccc3C(=O)O2)cc2ccccc2c1=O. The molecule has 0 radical (unpaired) electrons. The number of hydrogen-bond acceptors (Lipinski definition) is 3. The molecule has 0 saturated carbocycles. The summed E-state index contributed by atoms with van der Waals surface area (Å²) in [5.74, 6) is -0.262. The van der Waals surface area contributed by atoms with Crippen molar-refractivity contribution < 1.29 is 9.53 Å². The van der Waals surface area contributed by atoms with Crippen LogP contribution in [-0.4, -0.2) is 16.1 Å². The van der Waals surface area contributed by atoms with Gasteiger partial charge in [0.2, 0.25) is 0 Å². The summed E-state index contributed by atoms with van der Waals surface area (Å²) in [6.45, 7) is 1.97. The highest BCUT2D eigenvalue weighted by Crippen LogP contribution is 2.31. The molecule has 1 unspecified atom stereocenters. The topological polar surface area (TPSA) is 48.3 Å². The molecular weight excluding hydrogens is 326 g/mol. The smallest absolute Gasteiger partial charge is 0.338 e. The summed E-state index contributed by atoms with van der Waals surface area (Å²) < 4.78 is 7.45. The van der Waals surface area contributed by atoms with Crippen LogP contribution in [0.3, 0.4) is 0 Å². The fraction of sp³-hybridized carbons (Fsp3) is 0.273. The number of cyclic esters (lactones) is 1. The fourth-order valence-corrected chi connectivity index (χ4v) is 3.77. The summed E-state index contributed by atoms with van der Waals surface area (Å²) in [6.07, 6.45) is 2.03. The zero-order valence-electron chi connectivity index (χ0n) is 15.0. The molecule has 1 atom stereocenters. The quantitative estimate of drug-likeness (QED) is 0.680. The Bertz CT molecular complexity index is 1070. The standard InChI is InChI=1S/C22H21NO3/c1-22(14-16-8-4-6-10-19(16)21(25)26-22)12-11-17-13-15-7-3-5-9-18(15)20(24)23(17)2/h3-10,13H,11-12,14H2,1-2H3. The largest absolute Gasteiger partial charge is 0.455 e. The van der Waals surface area contributed by atoms with Gasteiger partial charge in [-0.2, -0.15) is 0 Å². The number of fused-ring (bicyclic) bond motifs is 2. The van der Waals surface area contributed by atoms with Crippen LogP contribution < -0.4 is 5.56 Å². The predicted molar refractivity (Wildman–Crippen MR) is 101 cm³/mol. The first-order chi connectivity index (χ1) is 12.5. The second-order valence-corrected chi connectivity index (χ2v) is 7.26. The molecule has 0 N–H and O–H groups in total. The summed E-state index contributed by atoms with van der Waals surface area (Å²) in [5.41, 5.74) is 2.08. The second kappa shape index (κ2) is 6.13. The number of benzene rings is 2. The van der Waals surface area contributed by atoms with Gasteiger partial charge in [0, 0.05) is 24.5 Å². The van der Waals surface area contributed by atoms with Gasteiger partial charge in [-0.1, -0.05) is 36.4 Å². The Morgan fingerprint density at radius 2 is 1.81 bits per heavy atom. The van der Waals surface area contributed by atoms with Gasteiger partial charge >= 0.3 is 5.97 Å². The Balaban J connectivity index is 1.62. The number of aromatic nitrogens is 1. The molecule has 0 spiro atoms. The van der Waals surface area contributed by atoms with Crippen LogP contribution in [0.4, 0.5) is 0 Å². The molecule has 4 heteroatoms. The summed E-state index contributed by atoms with van der Waals surface area (Å²) in [7, 11) is 1.80. The normalized spacial score (nSPS) is 19.2. The van der Waals surface area contributed by atoms with E-state index < -0.39 is 5.60 Å². The van der Waals surface area contributed by atoms with Crippen molar-refractivity contribution in [3.05, 3.63) is 81.8 Å². The van der Waals surface area contributed by atoms with Crippen molar-refractivity contribution in [2.24, 2.45) is 7.05 Å². The molecule has 26 heavy (non-hydrogen) atoms. The molecule has 1 aliphatic heterocycles. The van der Waals surface area contributed by atoms with Crippen LogP contribution in [0, 0.1) is 0 Å². The Morgan fingerprint density at radius 1 is 1.08 bits per heavy atom. The van der Waals surface area contributed by atoms with Crippen molar-refractivity contribution >= 4 is 16.7 Å². The number of rotatable bonds is 3. The van der Waals surface area contributed by atoms with Gasteiger partial charge in [-0.3, -0.25) is 4.79 Å². The monoisotopic (exact) mass is 347 g/mol. The first-order valence-corrected chi connectivity index (χ1v) is 8.86. The molecule has 0 bridgehead atoms. The first kappa shape index (κ1) is 16.6. The highest BCUT2D eigenvalue weighted by Gasteiger charge is 2.35. The second-order valence-electron chi connectivity index (χ2n) is 7.26. The lowest BCUT2D eigenvalue weighted by Crippen LogP contribution is -2.39. The summed E-state index contributed by atoms with van der Waals surface area (Å²) in [5, 5.41) is 1.67. The van der Waals surface area contributed by atoms with E-state index in [1.54, 1.807) is 11.6 Å². The average molecular weight is 347 g/mol. The molecule has 0 fully saturated rings. The molecular formula is C22H21NO3. The van der Waals surface area contributed by atoms with Crippen molar-refractivity contribution in [3.63, 3.8) is 0 Å². The lowest BCUT2D eigenvalue weighted by molar-refractivity contribution is -0.0193. The van der Waals surface area contributed by atoms with Crippen LogP contribution in [0.5, 0.6) is 0 Å². The van der Waals surface area contributed by atoms with Gasteiger partial charge in [0.1, 0.15) is 5.60 Å². The van der Waals surface area contributed by atoms with Gasteiger partial charge in [-0.15, -0.1) is 0 Å². The number of aryl methyl sites for hydroxylation is 1. The maximum Gasteiger partial charge on any atom is 0.338 e. The minimum atomic E-state index is -0.562. The first-order valence-electron chi connectivity index (χ1n) is 8.86. The Hall–Kier alpha value is -2.88. The molecule has 1 aromatic heterocycles. The minimum absolute atomic E-state index is 0.00855. The third-order valence-electron chi connectivity index (χ3n) is 5.30. The minimum Gasteiger partial charge on any atom is -0.455 e. The van der Waals surface area contributed by atoms with Gasteiger partial charge in [-0.05, 0) is 48.9 Å². The van der Waals surface area contributed by atoms with Crippen molar-refractivity contribution in [2.75, 3.05) is 0 Å². The molecule has 2 heterocycles. The molecule has 2 aromatic carbocycles. The highest BCUT2D eigenvalue weighted by molar-refractivity contribution is 5.92. The summed E-state index contributed by atoms with van der Waals surface area (Å²) in [6, 6.07) is 17.3. The number of carbonyl (C=O) groups is 1. The van der Waals surface area contributed by atoms with E-state index >= 15 is 0 Å². The Labute approximate surface area is 152 Å². The fourth-order valence-electron chi connectivity index (χ4n) is 3.77. The number of pyridine rings is 1. The molecule has 0 amide bonds. The van der Waals surface area contributed by atoms with Gasteiger partial charge in [0.05, 0.1) is 5.56 Å². The zero-order valence-corrected chi connectivity index (χ0v) is 15.0. The lowest BCUT2D eigenvalue weighted by Gasteiger charge is -2.34. The van der Waals surface area contributed by atoms with E-state index in [9.17, 15) is 9.59 Å². The Morgan fingerprint density at radius 3 is 2.65 bits per heavy atom. The van der Waals surface area contributed by atoms with E-state index in [4.69, 9.17) is 4.74 Å². The van der Waals surface area contributed by atoms with E-state index in [0.717, 1.165) is 22.0 Å². The number of carbonyl (C=O) groups excluding carboxylic acids is 1. The predicted octanol–water partition coefficient (Wildman–Crippen LogP) is 3.64. The molecule has 4 rings (SSSR count). The molecule has 1 aliphatic rings. The van der Waals surface area contributed by atoms with E-state index in [-0.39, 0.29) is 11.5 Å². The van der Waals surface area contributed by atoms with Gasteiger partial charge in [0.15, 0.2) is 0 Å². The van der Waals surface area contributed by atoms with Crippen LogP contribution in [-0.2, 0) is 24.6 Å². The van der Waals surface area contributed by atoms with Gasteiger partial charge < -0.3 is 9.30 Å². The maximum absolute atomic E-state index is 12.6. The van der Waals surface area contributed by atoms with Gasteiger partial charge in [0.25, 0.3) is 5.56 Å². The van der Waals surface area contributed by atoms with Crippen molar-refractivity contribution in [3.8, 4) is 0 Å². The number of ether oxygens (including phenoxy) is 1. The van der Waals surface area contributed by atoms with E-state index in [1.165, 1.54) is 0 Å². The van der Waals surface area contributed by atoms with Crippen LogP contribution in [0.15, 0.2) is 59.4 Å². The van der Waals surface area contributed by atoms with E-state index in [2.05, 4.69) is 6.07 Å².